The first-order valence-electron chi connectivity index (χ1n) is 4.43. The molecule has 0 radical (unpaired) electrons. The Hall–Kier alpha value is -0.740. The van der Waals surface area contributed by atoms with Crippen molar-refractivity contribution in [2.75, 3.05) is 0 Å². The van der Waals surface area contributed by atoms with E-state index >= 15 is 0 Å². The van der Waals surface area contributed by atoms with Gasteiger partial charge in [0.2, 0.25) is 0 Å². The van der Waals surface area contributed by atoms with Crippen LogP contribution in [0.2, 0.25) is 5.02 Å². The second-order valence-corrected chi connectivity index (χ2v) is 4.59. The SMILES string of the molecule is Clc1ccc(I)c(Oc2ccccc2)c1. The minimum atomic E-state index is 0.682. The van der Waals surface area contributed by atoms with Crippen molar-refractivity contribution < 1.29 is 4.74 Å². The Kier molecular flexibility index (Phi) is 3.49. The van der Waals surface area contributed by atoms with Gasteiger partial charge in [0.15, 0.2) is 0 Å². The molecule has 0 spiro atoms. The molecular weight excluding hydrogens is 322 g/mol. The summed E-state index contributed by atoms with van der Waals surface area (Å²) >= 11 is 8.12. The summed E-state index contributed by atoms with van der Waals surface area (Å²) in [5.74, 6) is 1.60. The van der Waals surface area contributed by atoms with Crippen molar-refractivity contribution in [3.63, 3.8) is 0 Å². The van der Waals surface area contributed by atoms with Crippen LogP contribution in [0.1, 0.15) is 0 Å². The predicted octanol–water partition coefficient (Wildman–Crippen LogP) is 4.74. The third kappa shape index (κ3) is 2.86. The molecular formula is C12H8ClIO. The summed E-state index contributed by atoms with van der Waals surface area (Å²) in [5.41, 5.74) is 0. The third-order valence-electron chi connectivity index (χ3n) is 1.86. The molecule has 76 valence electrons. The van der Waals surface area contributed by atoms with Crippen molar-refractivity contribution in [3.05, 3.63) is 57.1 Å². The van der Waals surface area contributed by atoms with Crippen molar-refractivity contribution in [2.24, 2.45) is 0 Å². The lowest BCUT2D eigenvalue weighted by atomic mass is 10.3. The number of ether oxygens (including phenoxy) is 1. The molecule has 0 amide bonds. The summed E-state index contributed by atoms with van der Waals surface area (Å²) in [6.07, 6.45) is 0. The van der Waals surface area contributed by atoms with E-state index in [9.17, 15) is 0 Å². The molecule has 0 aliphatic rings. The van der Waals surface area contributed by atoms with Gasteiger partial charge in [0.1, 0.15) is 11.5 Å². The van der Waals surface area contributed by atoms with Gasteiger partial charge in [-0.15, -0.1) is 0 Å². The molecule has 0 fully saturated rings. The zero-order valence-electron chi connectivity index (χ0n) is 7.78. The highest BCUT2D eigenvalue weighted by atomic mass is 127. The molecule has 3 heteroatoms. The van der Waals surface area contributed by atoms with E-state index < -0.39 is 0 Å². The van der Waals surface area contributed by atoms with Gasteiger partial charge in [0.05, 0.1) is 3.57 Å². The van der Waals surface area contributed by atoms with E-state index in [2.05, 4.69) is 22.6 Å². The van der Waals surface area contributed by atoms with Gasteiger partial charge in [-0.1, -0.05) is 29.8 Å². The fraction of sp³-hybridized carbons (Fsp3) is 0. The molecule has 0 saturated heterocycles. The summed E-state index contributed by atoms with van der Waals surface area (Å²) in [7, 11) is 0. The van der Waals surface area contributed by atoms with E-state index in [4.69, 9.17) is 16.3 Å². The van der Waals surface area contributed by atoms with Crippen LogP contribution in [-0.2, 0) is 0 Å². The molecule has 0 saturated carbocycles. The van der Waals surface area contributed by atoms with Gasteiger partial charge in [-0.25, -0.2) is 0 Å². The second-order valence-electron chi connectivity index (χ2n) is 2.99. The highest BCUT2D eigenvalue weighted by molar-refractivity contribution is 14.1. The predicted molar refractivity (Wildman–Crippen MR) is 70.7 cm³/mol. The Bertz CT molecular complexity index is 456. The average molecular weight is 331 g/mol. The molecule has 0 aliphatic carbocycles. The van der Waals surface area contributed by atoms with Crippen LogP contribution in [0, 0.1) is 3.57 Å². The zero-order chi connectivity index (χ0) is 10.7. The van der Waals surface area contributed by atoms with Crippen LogP contribution in [0.15, 0.2) is 48.5 Å². The highest BCUT2D eigenvalue weighted by Gasteiger charge is 2.02. The molecule has 2 aromatic rings. The Morgan fingerprint density at radius 2 is 1.73 bits per heavy atom. The largest absolute Gasteiger partial charge is 0.456 e. The molecule has 0 aliphatic heterocycles. The van der Waals surface area contributed by atoms with Gasteiger partial charge in [0.25, 0.3) is 0 Å². The topological polar surface area (TPSA) is 9.23 Å². The molecule has 0 atom stereocenters. The van der Waals surface area contributed by atoms with Crippen LogP contribution >= 0.6 is 34.2 Å². The Labute approximate surface area is 107 Å². The second kappa shape index (κ2) is 4.86. The maximum absolute atomic E-state index is 5.90. The standard InChI is InChI=1S/C12H8ClIO/c13-9-6-7-11(14)12(8-9)15-10-4-2-1-3-5-10/h1-8H. The maximum Gasteiger partial charge on any atom is 0.142 e. The highest BCUT2D eigenvalue weighted by Crippen LogP contribution is 2.29. The lowest BCUT2D eigenvalue weighted by molar-refractivity contribution is 0.479. The number of halogens is 2. The van der Waals surface area contributed by atoms with Crippen LogP contribution < -0.4 is 4.74 Å². The van der Waals surface area contributed by atoms with Crippen molar-refractivity contribution in [1.29, 1.82) is 0 Å². The van der Waals surface area contributed by atoms with Crippen molar-refractivity contribution in [1.82, 2.24) is 0 Å². The first kappa shape index (κ1) is 10.8. The minimum absolute atomic E-state index is 0.682. The zero-order valence-corrected chi connectivity index (χ0v) is 10.7. The monoisotopic (exact) mass is 330 g/mol. The van der Waals surface area contributed by atoms with Crippen LogP contribution in [0.5, 0.6) is 11.5 Å². The average Bonchev–Trinajstić information content (AvgIpc) is 2.25. The molecule has 0 unspecified atom stereocenters. The van der Waals surface area contributed by atoms with Crippen LogP contribution in [0.4, 0.5) is 0 Å². The molecule has 0 bridgehead atoms. The summed E-state index contributed by atoms with van der Waals surface area (Å²) in [4.78, 5) is 0. The quantitative estimate of drug-likeness (QED) is 0.723. The number of rotatable bonds is 2. The fourth-order valence-electron chi connectivity index (χ4n) is 1.17. The first-order valence-corrected chi connectivity index (χ1v) is 5.89. The maximum atomic E-state index is 5.90. The van der Waals surface area contributed by atoms with Gasteiger partial charge in [-0.2, -0.15) is 0 Å². The van der Waals surface area contributed by atoms with E-state index in [1.165, 1.54) is 0 Å². The first-order chi connectivity index (χ1) is 7.25. The van der Waals surface area contributed by atoms with E-state index in [1.54, 1.807) is 0 Å². The molecule has 2 rings (SSSR count). The minimum Gasteiger partial charge on any atom is -0.456 e. The number of hydrogen-bond donors (Lipinski definition) is 0. The molecule has 1 nitrogen and oxygen atoms in total. The summed E-state index contributed by atoms with van der Waals surface area (Å²) in [6, 6.07) is 15.3. The summed E-state index contributed by atoms with van der Waals surface area (Å²) in [5, 5.41) is 0.682. The smallest absolute Gasteiger partial charge is 0.142 e. The van der Waals surface area contributed by atoms with Crippen molar-refractivity contribution >= 4 is 34.2 Å². The van der Waals surface area contributed by atoms with Gasteiger partial charge in [0, 0.05) is 11.1 Å². The lowest BCUT2D eigenvalue weighted by Gasteiger charge is -2.07. The van der Waals surface area contributed by atoms with Gasteiger partial charge in [-0.3, -0.25) is 0 Å². The Balaban J connectivity index is 2.28. The van der Waals surface area contributed by atoms with E-state index in [1.807, 2.05) is 48.5 Å². The van der Waals surface area contributed by atoms with Crippen molar-refractivity contribution in [3.8, 4) is 11.5 Å². The van der Waals surface area contributed by atoms with Gasteiger partial charge < -0.3 is 4.74 Å². The van der Waals surface area contributed by atoms with E-state index in [-0.39, 0.29) is 0 Å². The normalized spacial score (nSPS) is 10.0. The van der Waals surface area contributed by atoms with Gasteiger partial charge in [-0.05, 0) is 46.9 Å². The van der Waals surface area contributed by atoms with Crippen LogP contribution in [0.3, 0.4) is 0 Å². The molecule has 2 aromatic carbocycles. The van der Waals surface area contributed by atoms with Crippen LogP contribution in [-0.4, -0.2) is 0 Å². The Morgan fingerprint density at radius 1 is 1.00 bits per heavy atom. The molecule has 0 aromatic heterocycles. The summed E-state index contributed by atoms with van der Waals surface area (Å²) in [6.45, 7) is 0. The van der Waals surface area contributed by atoms with Crippen LogP contribution in [0.25, 0.3) is 0 Å². The summed E-state index contributed by atoms with van der Waals surface area (Å²) < 4.78 is 6.74. The van der Waals surface area contributed by atoms with Gasteiger partial charge >= 0.3 is 0 Å². The number of para-hydroxylation sites is 1. The van der Waals surface area contributed by atoms with E-state index in [0.717, 1.165) is 15.1 Å². The molecule has 0 heterocycles. The number of hydrogen-bond acceptors (Lipinski definition) is 1. The van der Waals surface area contributed by atoms with Crippen molar-refractivity contribution in [2.45, 2.75) is 0 Å². The molecule has 15 heavy (non-hydrogen) atoms. The third-order valence-corrected chi connectivity index (χ3v) is 2.99. The molecule has 0 N–H and O–H groups in total. The Morgan fingerprint density at radius 3 is 2.47 bits per heavy atom. The fourth-order valence-corrected chi connectivity index (χ4v) is 1.78. The lowest BCUT2D eigenvalue weighted by Crippen LogP contribution is -1.86. The van der Waals surface area contributed by atoms with E-state index in [0.29, 0.717) is 5.02 Å². The number of benzene rings is 2.